The Kier molecular flexibility index (Phi) is 6.26. The lowest BCUT2D eigenvalue weighted by Crippen LogP contribution is -2.09. The SMILES string of the molecule is CCSCCOc1ccc(C)nc1CCN. The first-order valence-corrected chi connectivity index (χ1v) is 6.80. The molecule has 2 N–H and O–H groups in total. The summed E-state index contributed by atoms with van der Waals surface area (Å²) < 4.78 is 5.71. The van der Waals surface area contributed by atoms with Gasteiger partial charge in [-0.15, -0.1) is 0 Å². The predicted octanol–water partition coefficient (Wildman–Crippen LogP) is 2.02. The normalized spacial score (nSPS) is 10.4. The van der Waals surface area contributed by atoms with Gasteiger partial charge in [-0.3, -0.25) is 4.98 Å². The third kappa shape index (κ3) is 4.41. The Labute approximate surface area is 102 Å². The number of aromatic nitrogens is 1. The molecule has 0 unspecified atom stereocenters. The fourth-order valence-corrected chi connectivity index (χ4v) is 1.89. The molecule has 0 radical (unpaired) electrons. The molecule has 0 aromatic carbocycles. The van der Waals surface area contributed by atoms with Gasteiger partial charge in [0.1, 0.15) is 5.75 Å². The molecule has 4 heteroatoms. The van der Waals surface area contributed by atoms with Crippen molar-refractivity contribution in [2.24, 2.45) is 5.73 Å². The highest BCUT2D eigenvalue weighted by Gasteiger charge is 2.04. The molecule has 1 rings (SSSR count). The fourth-order valence-electron chi connectivity index (χ4n) is 1.40. The van der Waals surface area contributed by atoms with Crippen molar-refractivity contribution in [1.82, 2.24) is 4.98 Å². The zero-order valence-corrected chi connectivity index (χ0v) is 10.8. The lowest BCUT2D eigenvalue weighted by atomic mass is 10.2. The Bertz CT molecular complexity index is 318. The van der Waals surface area contributed by atoms with E-state index >= 15 is 0 Å². The number of aryl methyl sites for hydroxylation is 1. The molecule has 0 aliphatic carbocycles. The molecule has 90 valence electrons. The Morgan fingerprint density at radius 2 is 2.25 bits per heavy atom. The van der Waals surface area contributed by atoms with E-state index in [1.807, 2.05) is 30.8 Å². The number of pyridine rings is 1. The zero-order chi connectivity index (χ0) is 11.8. The minimum absolute atomic E-state index is 0.608. The maximum Gasteiger partial charge on any atom is 0.140 e. The highest BCUT2D eigenvalue weighted by atomic mass is 32.2. The van der Waals surface area contributed by atoms with Gasteiger partial charge in [-0.2, -0.15) is 11.8 Å². The Morgan fingerprint density at radius 3 is 2.94 bits per heavy atom. The molecular weight excluding hydrogens is 220 g/mol. The van der Waals surface area contributed by atoms with Crippen molar-refractivity contribution in [3.63, 3.8) is 0 Å². The summed E-state index contributed by atoms with van der Waals surface area (Å²) in [6.45, 7) is 5.48. The summed E-state index contributed by atoms with van der Waals surface area (Å²) in [6.07, 6.45) is 0.776. The third-order valence-corrected chi connectivity index (χ3v) is 3.01. The maximum atomic E-state index is 5.71. The number of ether oxygens (including phenoxy) is 1. The summed E-state index contributed by atoms with van der Waals surface area (Å²) in [5.41, 5.74) is 7.54. The summed E-state index contributed by atoms with van der Waals surface area (Å²) >= 11 is 1.88. The second-order valence-electron chi connectivity index (χ2n) is 3.48. The molecule has 0 amide bonds. The van der Waals surface area contributed by atoms with Crippen LogP contribution in [0.5, 0.6) is 5.75 Å². The van der Waals surface area contributed by atoms with E-state index in [1.54, 1.807) is 0 Å². The number of hydrogen-bond acceptors (Lipinski definition) is 4. The average Bonchev–Trinajstić information content (AvgIpc) is 2.27. The van der Waals surface area contributed by atoms with Crippen molar-refractivity contribution in [1.29, 1.82) is 0 Å². The van der Waals surface area contributed by atoms with E-state index in [9.17, 15) is 0 Å². The molecule has 3 nitrogen and oxygen atoms in total. The topological polar surface area (TPSA) is 48.1 Å². The summed E-state index contributed by atoms with van der Waals surface area (Å²) in [5, 5.41) is 0. The zero-order valence-electron chi connectivity index (χ0n) is 10.0. The lowest BCUT2D eigenvalue weighted by Gasteiger charge is -2.10. The smallest absolute Gasteiger partial charge is 0.140 e. The van der Waals surface area contributed by atoms with E-state index in [0.29, 0.717) is 6.54 Å². The number of rotatable bonds is 7. The van der Waals surface area contributed by atoms with Gasteiger partial charge in [-0.05, 0) is 31.4 Å². The summed E-state index contributed by atoms with van der Waals surface area (Å²) in [5.74, 6) is 3.03. The fraction of sp³-hybridized carbons (Fsp3) is 0.583. The van der Waals surface area contributed by atoms with Crippen LogP contribution in [0.1, 0.15) is 18.3 Å². The largest absolute Gasteiger partial charge is 0.491 e. The van der Waals surface area contributed by atoms with Crippen molar-refractivity contribution in [2.75, 3.05) is 24.7 Å². The van der Waals surface area contributed by atoms with Crippen LogP contribution >= 0.6 is 11.8 Å². The van der Waals surface area contributed by atoms with Gasteiger partial charge >= 0.3 is 0 Å². The summed E-state index contributed by atoms with van der Waals surface area (Å²) in [6, 6.07) is 3.96. The minimum Gasteiger partial charge on any atom is -0.491 e. The molecule has 0 fully saturated rings. The quantitative estimate of drug-likeness (QED) is 0.741. The monoisotopic (exact) mass is 240 g/mol. The highest BCUT2D eigenvalue weighted by Crippen LogP contribution is 2.17. The van der Waals surface area contributed by atoms with Crippen LogP contribution in [0.3, 0.4) is 0 Å². The average molecular weight is 240 g/mol. The Morgan fingerprint density at radius 1 is 1.44 bits per heavy atom. The Balaban J connectivity index is 2.56. The van der Waals surface area contributed by atoms with E-state index in [4.69, 9.17) is 10.5 Å². The number of nitrogens with two attached hydrogens (primary N) is 1. The second kappa shape index (κ2) is 7.52. The molecule has 1 heterocycles. The van der Waals surface area contributed by atoms with Crippen LogP contribution in [0, 0.1) is 6.92 Å². The van der Waals surface area contributed by atoms with Crippen LogP contribution in [0.2, 0.25) is 0 Å². The van der Waals surface area contributed by atoms with Crippen molar-refractivity contribution in [3.05, 3.63) is 23.5 Å². The van der Waals surface area contributed by atoms with E-state index in [1.165, 1.54) is 0 Å². The second-order valence-corrected chi connectivity index (χ2v) is 4.88. The van der Waals surface area contributed by atoms with Gasteiger partial charge < -0.3 is 10.5 Å². The molecule has 0 aliphatic heterocycles. The predicted molar refractivity (Wildman–Crippen MR) is 70.2 cm³/mol. The number of nitrogens with zero attached hydrogens (tertiary/aromatic N) is 1. The van der Waals surface area contributed by atoms with Gasteiger partial charge in [0.2, 0.25) is 0 Å². The molecule has 0 spiro atoms. The molecule has 16 heavy (non-hydrogen) atoms. The minimum atomic E-state index is 0.608. The van der Waals surface area contributed by atoms with Crippen LogP contribution in [0.15, 0.2) is 12.1 Å². The molecule has 0 bridgehead atoms. The van der Waals surface area contributed by atoms with Crippen molar-refractivity contribution < 1.29 is 4.74 Å². The lowest BCUT2D eigenvalue weighted by molar-refractivity contribution is 0.338. The van der Waals surface area contributed by atoms with Crippen molar-refractivity contribution in [3.8, 4) is 5.75 Å². The van der Waals surface area contributed by atoms with Gasteiger partial charge in [0.25, 0.3) is 0 Å². The number of hydrogen-bond donors (Lipinski definition) is 1. The molecule has 0 atom stereocenters. The molecule has 1 aromatic rings. The molecule has 1 aromatic heterocycles. The molecule has 0 saturated carbocycles. The van der Waals surface area contributed by atoms with Crippen molar-refractivity contribution in [2.45, 2.75) is 20.3 Å². The van der Waals surface area contributed by atoms with E-state index in [0.717, 1.165) is 41.7 Å². The van der Waals surface area contributed by atoms with E-state index in [-0.39, 0.29) is 0 Å². The van der Waals surface area contributed by atoms with Crippen LogP contribution < -0.4 is 10.5 Å². The van der Waals surface area contributed by atoms with Crippen LogP contribution in [-0.4, -0.2) is 29.6 Å². The first kappa shape index (κ1) is 13.3. The van der Waals surface area contributed by atoms with E-state index < -0.39 is 0 Å². The molecule has 0 aliphatic rings. The third-order valence-electron chi connectivity index (χ3n) is 2.14. The van der Waals surface area contributed by atoms with Crippen molar-refractivity contribution >= 4 is 11.8 Å². The first-order chi connectivity index (χ1) is 7.77. The summed E-state index contributed by atoms with van der Waals surface area (Å²) in [7, 11) is 0. The summed E-state index contributed by atoms with van der Waals surface area (Å²) in [4.78, 5) is 4.45. The van der Waals surface area contributed by atoms with Crippen LogP contribution in [0.4, 0.5) is 0 Å². The van der Waals surface area contributed by atoms with Gasteiger partial charge in [0.15, 0.2) is 0 Å². The van der Waals surface area contributed by atoms with Gasteiger partial charge in [0, 0.05) is 17.9 Å². The maximum absolute atomic E-state index is 5.71. The van der Waals surface area contributed by atoms with Gasteiger partial charge in [-0.1, -0.05) is 6.92 Å². The van der Waals surface area contributed by atoms with Crippen LogP contribution in [-0.2, 0) is 6.42 Å². The van der Waals surface area contributed by atoms with E-state index in [2.05, 4.69) is 11.9 Å². The Hall–Kier alpha value is -0.740. The molecular formula is C12H20N2OS. The standard InChI is InChI=1S/C12H20N2OS/c1-3-16-9-8-15-12-5-4-10(2)14-11(12)6-7-13/h4-5H,3,6-9,13H2,1-2H3. The molecule has 0 saturated heterocycles. The first-order valence-electron chi connectivity index (χ1n) is 5.65. The van der Waals surface area contributed by atoms with Gasteiger partial charge in [-0.25, -0.2) is 0 Å². The highest BCUT2D eigenvalue weighted by molar-refractivity contribution is 7.99. The van der Waals surface area contributed by atoms with Gasteiger partial charge in [0.05, 0.1) is 12.3 Å². The van der Waals surface area contributed by atoms with Crippen LogP contribution in [0.25, 0.3) is 0 Å². The number of thioether (sulfide) groups is 1.